The summed E-state index contributed by atoms with van der Waals surface area (Å²) in [6, 6.07) is 0. The summed E-state index contributed by atoms with van der Waals surface area (Å²) in [4.78, 5) is 33.3. The minimum absolute atomic E-state index is 0.271. The summed E-state index contributed by atoms with van der Waals surface area (Å²) in [7, 11) is 1.75. The number of aromatic nitrogens is 4. The van der Waals surface area contributed by atoms with Gasteiger partial charge >= 0.3 is 5.69 Å². The van der Waals surface area contributed by atoms with Crippen molar-refractivity contribution in [3.8, 4) is 0 Å². The molecule has 0 aliphatic carbocycles. The number of aromatic amines is 1. The molecule has 94 valence electrons. The number of hydrogen-bond donors (Lipinski definition) is 2. The quantitative estimate of drug-likeness (QED) is 0.778. The van der Waals surface area contributed by atoms with Crippen LogP contribution in [0.2, 0.25) is 0 Å². The van der Waals surface area contributed by atoms with Crippen molar-refractivity contribution in [2.45, 2.75) is 13.5 Å². The Hall–Kier alpha value is -2.44. The van der Waals surface area contributed by atoms with Crippen LogP contribution in [0, 0.1) is 6.92 Å². The fourth-order valence-electron chi connectivity index (χ4n) is 1.48. The largest absolute Gasteiger partial charge is 0.372 e. The molecule has 18 heavy (non-hydrogen) atoms. The van der Waals surface area contributed by atoms with Gasteiger partial charge in [-0.2, -0.15) is 0 Å². The SMILES string of the molecule is CNc1cnc(Cn2cc(C)c(=O)[nH]c2=O)cn1. The predicted molar refractivity (Wildman–Crippen MR) is 66.7 cm³/mol. The van der Waals surface area contributed by atoms with Crippen LogP contribution >= 0.6 is 0 Å². The Balaban J connectivity index is 2.31. The van der Waals surface area contributed by atoms with Gasteiger partial charge in [-0.15, -0.1) is 0 Å². The Kier molecular flexibility index (Phi) is 3.22. The summed E-state index contributed by atoms with van der Waals surface area (Å²) in [6.45, 7) is 1.91. The number of nitrogens with one attached hydrogen (secondary N) is 2. The Morgan fingerprint density at radius 2 is 2.11 bits per heavy atom. The molecule has 0 aliphatic heterocycles. The van der Waals surface area contributed by atoms with Crippen molar-refractivity contribution in [1.82, 2.24) is 19.5 Å². The molecule has 0 spiro atoms. The van der Waals surface area contributed by atoms with Crippen LogP contribution in [-0.4, -0.2) is 26.6 Å². The lowest BCUT2D eigenvalue weighted by Gasteiger charge is -2.05. The first kappa shape index (κ1) is 12.0. The number of rotatable bonds is 3. The van der Waals surface area contributed by atoms with E-state index in [9.17, 15) is 9.59 Å². The Morgan fingerprint density at radius 1 is 1.33 bits per heavy atom. The van der Waals surface area contributed by atoms with Gasteiger partial charge < -0.3 is 5.32 Å². The molecular formula is C11H13N5O2. The molecule has 0 atom stereocenters. The normalized spacial score (nSPS) is 10.3. The van der Waals surface area contributed by atoms with Crippen LogP contribution in [0.1, 0.15) is 11.3 Å². The van der Waals surface area contributed by atoms with Crippen LogP contribution in [0.25, 0.3) is 0 Å². The van der Waals surface area contributed by atoms with Gasteiger partial charge in [0.1, 0.15) is 5.82 Å². The van der Waals surface area contributed by atoms with Crippen molar-refractivity contribution >= 4 is 5.82 Å². The summed E-state index contributed by atoms with van der Waals surface area (Å²) in [5.74, 6) is 0.656. The zero-order valence-electron chi connectivity index (χ0n) is 10.1. The third-order valence-corrected chi connectivity index (χ3v) is 2.48. The smallest absolute Gasteiger partial charge is 0.328 e. The molecule has 2 heterocycles. The lowest BCUT2D eigenvalue weighted by molar-refractivity contribution is 0.696. The van der Waals surface area contributed by atoms with E-state index in [-0.39, 0.29) is 12.1 Å². The molecule has 2 aromatic rings. The highest BCUT2D eigenvalue weighted by Gasteiger charge is 2.03. The summed E-state index contributed by atoms with van der Waals surface area (Å²) >= 11 is 0. The molecule has 0 unspecified atom stereocenters. The fourth-order valence-corrected chi connectivity index (χ4v) is 1.48. The molecule has 0 radical (unpaired) electrons. The highest BCUT2D eigenvalue weighted by molar-refractivity contribution is 5.29. The zero-order valence-corrected chi connectivity index (χ0v) is 10.1. The molecule has 2 N–H and O–H groups in total. The first-order valence-electron chi connectivity index (χ1n) is 5.39. The third-order valence-electron chi connectivity index (χ3n) is 2.48. The second-order valence-electron chi connectivity index (χ2n) is 3.84. The number of nitrogens with zero attached hydrogens (tertiary/aromatic N) is 3. The van der Waals surface area contributed by atoms with E-state index < -0.39 is 5.69 Å². The van der Waals surface area contributed by atoms with Gasteiger partial charge in [-0.1, -0.05) is 0 Å². The number of hydrogen-bond acceptors (Lipinski definition) is 5. The molecule has 0 aliphatic rings. The molecule has 7 nitrogen and oxygen atoms in total. The average Bonchev–Trinajstić information content (AvgIpc) is 2.37. The van der Waals surface area contributed by atoms with E-state index in [0.717, 1.165) is 0 Å². The maximum atomic E-state index is 11.6. The number of aryl methyl sites for hydroxylation is 1. The van der Waals surface area contributed by atoms with Gasteiger partial charge in [0.2, 0.25) is 0 Å². The van der Waals surface area contributed by atoms with Gasteiger partial charge in [0.05, 0.1) is 24.6 Å². The predicted octanol–water partition coefficient (Wildman–Crippen LogP) is -0.275. The summed E-state index contributed by atoms with van der Waals surface area (Å²) in [5, 5.41) is 2.86. The molecule has 0 bridgehead atoms. The molecule has 0 saturated carbocycles. The van der Waals surface area contributed by atoms with Crippen LogP contribution in [-0.2, 0) is 6.54 Å². The fraction of sp³-hybridized carbons (Fsp3) is 0.273. The number of anilines is 1. The maximum absolute atomic E-state index is 11.6. The zero-order chi connectivity index (χ0) is 13.1. The average molecular weight is 247 g/mol. The van der Waals surface area contributed by atoms with Gasteiger partial charge in [-0.3, -0.25) is 19.3 Å². The van der Waals surface area contributed by atoms with Crippen LogP contribution < -0.4 is 16.6 Å². The van der Waals surface area contributed by atoms with Gasteiger partial charge in [0.25, 0.3) is 5.56 Å². The topological polar surface area (TPSA) is 92.7 Å². The second-order valence-corrected chi connectivity index (χ2v) is 3.84. The van der Waals surface area contributed by atoms with E-state index in [1.807, 2.05) is 0 Å². The van der Waals surface area contributed by atoms with E-state index in [1.165, 1.54) is 10.8 Å². The Labute approximate surface area is 103 Å². The van der Waals surface area contributed by atoms with Crippen molar-refractivity contribution in [3.05, 3.63) is 50.7 Å². The van der Waals surface area contributed by atoms with Crippen molar-refractivity contribution in [2.24, 2.45) is 0 Å². The van der Waals surface area contributed by atoms with E-state index in [0.29, 0.717) is 17.1 Å². The Morgan fingerprint density at radius 3 is 2.72 bits per heavy atom. The minimum atomic E-state index is -0.454. The third kappa shape index (κ3) is 2.45. The van der Waals surface area contributed by atoms with Crippen molar-refractivity contribution in [3.63, 3.8) is 0 Å². The monoisotopic (exact) mass is 247 g/mol. The summed E-state index contributed by atoms with van der Waals surface area (Å²) < 4.78 is 1.39. The molecule has 0 aromatic carbocycles. The van der Waals surface area contributed by atoms with Gasteiger partial charge in [-0.05, 0) is 6.92 Å². The molecular weight excluding hydrogens is 234 g/mol. The minimum Gasteiger partial charge on any atom is -0.372 e. The molecule has 0 saturated heterocycles. The second kappa shape index (κ2) is 4.82. The van der Waals surface area contributed by atoms with Crippen LogP contribution in [0.5, 0.6) is 0 Å². The highest BCUT2D eigenvalue weighted by Crippen LogP contribution is 2.00. The van der Waals surface area contributed by atoms with Crippen LogP contribution in [0.3, 0.4) is 0 Å². The van der Waals surface area contributed by atoms with Crippen LogP contribution in [0.4, 0.5) is 5.82 Å². The molecule has 0 amide bonds. The summed E-state index contributed by atoms with van der Waals surface area (Å²) in [5.41, 5.74) is 0.301. The van der Waals surface area contributed by atoms with Crippen molar-refractivity contribution in [2.75, 3.05) is 12.4 Å². The van der Waals surface area contributed by atoms with E-state index in [2.05, 4.69) is 20.3 Å². The highest BCUT2D eigenvalue weighted by atomic mass is 16.2. The molecule has 0 fully saturated rings. The molecule has 2 rings (SSSR count). The lowest BCUT2D eigenvalue weighted by Crippen LogP contribution is -2.31. The van der Waals surface area contributed by atoms with E-state index in [4.69, 9.17) is 0 Å². The molecule has 7 heteroatoms. The number of H-pyrrole nitrogens is 1. The molecule has 2 aromatic heterocycles. The summed E-state index contributed by atoms with van der Waals surface area (Å²) in [6.07, 6.45) is 4.67. The first-order chi connectivity index (χ1) is 8.60. The standard InChI is InChI=1S/C11H13N5O2/c1-7-5-16(11(18)15-10(7)17)6-8-3-14-9(12-2)4-13-8/h3-5H,6H2,1-2H3,(H,12,14)(H,15,17,18). The van der Waals surface area contributed by atoms with E-state index >= 15 is 0 Å². The maximum Gasteiger partial charge on any atom is 0.328 e. The van der Waals surface area contributed by atoms with Crippen molar-refractivity contribution in [1.29, 1.82) is 0 Å². The van der Waals surface area contributed by atoms with Crippen LogP contribution in [0.15, 0.2) is 28.2 Å². The van der Waals surface area contributed by atoms with Gasteiger partial charge in [-0.25, -0.2) is 9.78 Å². The Bertz CT molecular complexity index is 656. The van der Waals surface area contributed by atoms with Crippen molar-refractivity contribution < 1.29 is 0 Å². The lowest BCUT2D eigenvalue weighted by atomic mass is 10.3. The first-order valence-corrected chi connectivity index (χ1v) is 5.39. The van der Waals surface area contributed by atoms with E-state index in [1.54, 1.807) is 26.4 Å². The van der Waals surface area contributed by atoms with Gasteiger partial charge in [0.15, 0.2) is 0 Å². The van der Waals surface area contributed by atoms with Gasteiger partial charge in [0, 0.05) is 18.8 Å².